The van der Waals surface area contributed by atoms with E-state index in [9.17, 15) is 9.59 Å². The molecular formula is C11H15NO2. The highest BCUT2D eigenvalue weighted by atomic mass is 16.1. The van der Waals surface area contributed by atoms with Crippen LogP contribution in [0.3, 0.4) is 0 Å². The van der Waals surface area contributed by atoms with Gasteiger partial charge in [0.25, 0.3) is 0 Å². The van der Waals surface area contributed by atoms with Crippen molar-refractivity contribution < 1.29 is 9.59 Å². The quantitative estimate of drug-likeness (QED) is 0.407. The van der Waals surface area contributed by atoms with Gasteiger partial charge in [0.05, 0.1) is 0 Å². The lowest BCUT2D eigenvalue weighted by Crippen LogP contribution is -2.21. The Balaban J connectivity index is 4.33. The van der Waals surface area contributed by atoms with Gasteiger partial charge in [0.1, 0.15) is 6.29 Å². The van der Waals surface area contributed by atoms with E-state index in [2.05, 4.69) is 11.9 Å². The molecular weight excluding hydrogens is 178 g/mol. The van der Waals surface area contributed by atoms with Crippen molar-refractivity contribution in [3.63, 3.8) is 0 Å². The van der Waals surface area contributed by atoms with Gasteiger partial charge in [-0.25, -0.2) is 0 Å². The minimum atomic E-state index is -0.0851. The van der Waals surface area contributed by atoms with E-state index in [1.165, 1.54) is 6.92 Å². The monoisotopic (exact) mass is 193 g/mol. The van der Waals surface area contributed by atoms with Gasteiger partial charge in [-0.1, -0.05) is 30.4 Å². The van der Waals surface area contributed by atoms with Crippen molar-refractivity contribution in [1.29, 1.82) is 0 Å². The Morgan fingerprint density at radius 1 is 1.43 bits per heavy atom. The normalized spacial score (nSPS) is 12.1. The number of nitrogens with one attached hydrogen (secondary N) is 1. The molecule has 0 radical (unpaired) electrons. The molecule has 0 aromatic heterocycles. The van der Waals surface area contributed by atoms with Crippen LogP contribution in [-0.2, 0) is 9.59 Å². The van der Waals surface area contributed by atoms with E-state index in [1.54, 1.807) is 18.2 Å². The molecule has 14 heavy (non-hydrogen) atoms. The van der Waals surface area contributed by atoms with Crippen LogP contribution in [0.1, 0.15) is 13.8 Å². The second-order valence-corrected chi connectivity index (χ2v) is 2.92. The predicted octanol–water partition coefficient (Wildman–Crippen LogP) is 1.38. The molecule has 1 N–H and O–H groups in total. The standard InChI is InChI=1S/C11H15NO2/c1-4-5-11(8-13)6-9(2)7-12-10(3)14/h4-6,8H,1,7H2,2-3H3,(H,12,14)/b9-6+,11-5+. The van der Waals surface area contributed by atoms with Crippen molar-refractivity contribution in [2.45, 2.75) is 13.8 Å². The Hall–Kier alpha value is -1.64. The molecule has 0 heterocycles. The summed E-state index contributed by atoms with van der Waals surface area (Å²) in [4.78, 5) is 21.1. The maximum Gasteiger partial charge on any atom is 0.217 e. The summed E-state index contributed by atoms with van der Waals surface area (Å²) in [6.45, 7) is 7.25. The first-order chi connectivity index (χ1) is 6.60. The van der Waals surface area contributed by atoms with Crippen LogP contribution in [0.2, 0.25) is 0 Å². The number of amides is 1. The van der Waals surface area contributed by atoms with Crippen molar-refractivity contribution in [2.75, 3.05) is 6.54 Å². The summed E-state index contributed by atoms with van der Waals surface area (Å²) in [5.74, 6) is -0.0851. The lowest BCUT2D eigenvalue weighted by molar-refractivity contribution is -0.118. The van der Waals surface area contributed by atoms with Crippen LogP contribution in [0.25, 0.3) is 0 Å². The van der Waals surface area contributed by atoms with Crippen molar-refractivity contribution in [1.82, 2.24) is 5.32 Å². The van der Waals surface area contributed by atoms with Crippen molar-refractivity contribution in [2.24, 2.45) is 0 Å². The second kappa shape index (κ2) is 6.83. The van der Waals surface area contributed by atoms with Gasteiger partial charge in [0.2, 0.25) is 5.91 Å². The van der Waals surface area contributed by atoms with E-state index < -0.39 is 0 Å². The second-order valence-electron chi connectivity index (χ2n) is 2.92. The highest BCUT2D eigenvalue weighted by Crippen LogP contribution is 1.99. The molecule has 0 unspecified atom stereocenters. The minimum absolute atomic E-state index is 0.0851. The van der Waals surface area contributed by atoms with Crippen molar-refractivity contribution in [3.05, 3.63) is 36.0 Å². The van der Waals surface area contributed by atoms with Crippen LogP contribution in [0.4, 0.5) is 0 Å². The van der Waals surface area contributed by atoms with Crippen molar-refractivity contribution in [3.8, 4) is 0 Å². The molecule has 0 aliphatic heterocycles. The van der Waals surface area contributed by atoms with E-state index in [4.69, 9.17) is 0 Å². The summed E-state index contributed by atoms with van der Waals surface area (Å²) >= 11 is 0. The molecule has 0 saturated carbocycles. The molecule has 1 amide bonds. The molecule has 76 valence electrons. The summed E-state index contributed by atoms with van der Waals surface area (Å²) in [6.07, 6.45) is 5.62. The third-order valence-electron chi connectivity index (χ3n) is 1.48. The first-order valence-electron chi connectivity index (χ1n) is 4.29. The largest absolute Gasteiger partial charge is 0.353 e. The molecule has 0 atom stereocenters. The highest BCUT2D eigenvalue weighted by Gasteiger charge is 1.94. The molecule has 0 fully saturated rings. The molecule has 3 nitrogen and oxygen atoms in total. The Labute approximate surface area is 84.2 Å². The molecule has 0 aliphatic carbocycles. The zero-order valence-electron chi connectivity index (χ0n) is 8.54. The summed E-state index contributed by atoms with van der Waals surface area (Å²) in [6, 6.07) is 0. The predicted molar refractivity (Wildman–Crippen MR) is 56.8 cm³/mol. The minimum Gasteiger partial charge on any atom is -0.353 e. The molecule has 0 aromatic rings. The van der Waals surface area contributed by atoms with Crippen molar-refractivity contribution >= 4 is 12.2 Å². The average molecular weight is 193 g/mol. The zero-order chi connectivity index (χ0) is 11.0. The SMILES string of the molecule is C=C/C=C(C=O)\C=C(/C)CNC(C)=O. The molecule has 0 bridgehead atoms. The first kappa shape index (κ1) is 12.4. The van der Waals surface area contributed by atoms with Gasteiger partial charge >= 0.3 is 0 Å². The smallest absolute Gasteiger partial charge is 0.217 e. The van der Waals surface area contributed by atoms with Gasteiger partial charge in [-0.2, -0.15) is 0 Å². The highest BCUT2D eigenvalue weighted by molar-refractivity contribution is 5.78. The fourth-order valence-electron chi connectivity index (χ4n) is 0.857. The number of allylic oxidation sites excluding steroid dienone is 4. The van der Waals surface area contributed by atoms with Gasteiger partial charge in [0, 0.05) is 19.0 Å². The Bertz CT molecular complexity index is 288. The van der Waals surface area contributed by atoms with E-state index in [0.717, 1.165) is 11.9 Å². The van der Waals surface area contributed by atoms with Crippen LogP contribution in [-0.4, -0.2) is 18.7 Å². The number of carbonyl (C=O) groups is 2. The summed E-state index contributed by atoms with van der Waals surface area (Å²) in [7, 11) is 0. The molecule has 0 aromatic carbocycles. The third kappa shape index (κ3) is 5.94. The van der Waals surface area contributed by atoms with Crippen LogP contribution >= 0.6 is 0 Å². The molecule has 0 saturated heterocycles. The van der Waals surface area contributed by atoms with E-state index in [-0.39, 0.29) is 5.91 Å². The summed E-state index contributed by atoms with van der Waals surface area (Å²) in [5, 5.41) is 2.64. The van der Waals surface area contributed by atoms with E-state index in [0.29, 0.717) is 12.1 Å². The van der Waals surface area contributed by atoms with Crippen LogP contribution < -0.4 is 5.32 Å². The fraction of sp³-hybridized carbons (Fsp3) is 0.273. The van der Waals surface area contributed by atoms with Gasteiger partial charge in [0.15, 0.2) is 0 Å². The van der Waals surface area contributed by atoms with Gasteiger partial charge in [-0.05, 0) is 6.92 Å². The van der Waals surface area contributed by atoms with Gasteiger partial charge in [-0.15, -0.1) is 0 Å². The summed E-state index contributed by atoms with van der Waals surface area (Å²) in [5.41, 5.74) is 1.46. The Morgan fingerprint density at radius 3 is 2.50 bits per heavy atom. The maximum atomic E-state index is 10.6. The molecule has 3 heteroatoms. The number of aldehydes is 1. The average Bonchev–Trinajstić information content (AvgIpc) is 2.14. The maximum absolute atomic E-state index is 10.6. The molecule has 0 rings (SSSR count). The van der Waals surface area contributed by atoms with E-state index in [1.807, 2.05) is 6.92 Å². The lowest BCUT2D eigenvalue weighted by Gasteiger charge is -2.01. The van der Waals surface area contributed by atoms with Gasteiger partial charge < -0.3 is 5.32 Å². The Morgan fingerprint density at radius 2 is 2.07 bits per heavy atom. The number of carbonyl (C=O) groups excluding carboxylic acids is 2. The van der Waals surface area contributed by atoms with Crippen LogP contribution in [0.5, 0.6) is 0 Å². The number of hydrogen-bond acceptors (Lipinski definition) is 2. The van der Waals surface area contributed by atoms with Crippen LogP contribution in [0.15, 0.2) is 36.0 Å². The number of rotatable bonds is 5. The topological polar surface area (TPSA) is 46.2 Å². The first-order valence-corrected chi connectivity index (χ1v) is 4.29. The lowest BCUT2D eigenvalue weighted by atomic mass is 10.2. The zero-order valence-corrected chi connectivity index (χ0v) is 8.54. The van der Waals surface area contributed by atoms with E-state index >= 15 is 0 Å². The fourth-order valence-corrected chi connectivity index (χ4v) is 0.857. The molecule has 0 spiro atoms. The third-order valence-corrected chi connectivity index (χ3v) is 1.48. The van der Waals surface area contributed by atoms with Crippen LogP contribution in [0, 0.1) is 0 Å². The Kier molecular flexibility index (Phi) is 6.03. The van der Waals surface area contributed by atoms with Gasteiger partial charge in [-0.3, -0.25) is 9.59 Å². The molecule has 0 aliphatic rings. The summed E-state index contributed by atoms with van der Waals surface area (Å²) < 4.78 is 0. The number of hydrogen-bond donors (Lipinski definition) is 1.